The number of hydrogen-bond acceptors (Lipinski definition) is 2. The summed E-state index contributed by atoms with van der Waals surface area (Å²) in [6, 6.07) is 2.59. The van der Waals surface area contributed by atoms with E-state index >= 15 is 0 Å². The van der Waals surface area contributed by atoms with Crippen LogP contribution in [0.1, 0.15) is 83.1 Å². The zero-order valence-electron chi connectivity index (χ0n) is 18.1. The molecule has 3 nitrogen and oxygen atoms in total. The SMILES string of the molecule is CC(C)N(C(C)C)P(C(Cl)=[N+](C(C)C)C(C)C)N(C(C)C)C(C)C. The van der Waals surface area contributed by atoms with Crippen LogP contribution in [0.15, 0.2) is 0 Å². The molecule has 0 atom stereocenters. The molecular weight excluding hydrogens is 337 g/mol. The number of halogens is 1. The topological polar surface area (TPSA) is 9.49 Å². The van der Waals surface area contributed by atoms with E-state index in [-0.39, 0.29) is 0 Å². The Bertz CT molecular complexity index is 357. The van der Waals surface area contributed by atoms with E-state index in [2.05, 4.69) is 97.0 Å². The molecule has 0 aliphatic rings. The Balaban J connectivity index is 6.46. The van der Waals surface area contributed by atoms with Crippen molar-refractivity contribution in [3.8, 4) is 0 Å². The molecule has 0 spiro atoms. The molecule has 0 aromatic carbocycles. The Kier molecular flexibility index (Phi) is 10.6. The van der Waals surface area contributed by atoms with Crippen molar-refractivity contribution in [1.29, 1.82) is 0 Å². The minimum Gasteiger partial charge on any atom is -0.256 e. The standard InChI is InChI=1S/C19H42ClN3P/c1-13(2)21(14(3)4)19(20)24(22(15(5)6)16(7)8)23(17(9)10)18(11)12/h13-18H,1-12H3/q+1. The molecule has 0 N–H and O–H groups in total. The molecule has 0 heterocycles. The van der Waals surface area contributed by atoms with Crippen molar-refractivity contribution >= 4 is 24.7 Å². The number of rotatable bonds is 9. The first-order chi connectivity index (χ1) is 10.8. The van der Waals surface area contributed by atoms with Crippen LogP contribution in [-0.4, -0.2) is 55.1 Å². The Morgan fingerprint density at radius 3 is 1.04 bits per heavy atom. The second-order valence-electron chi connectivity index (χ2n) is 8.29. The third-order valence-corrected chi connectivity index (χ3v) is 7.98. The van der Waals surface area contributed by atoms with Gasteiger partial charge < -0.3 is 0 Å². The van der Waals surface area contributed by atoms with Crippen molar-refractivity contribution in [2.24, 2.45) is 0 Å². The highest BCUT2D eigenvalue weighted by Crippen LogP contribution is 2.52. The Hall–Kier alpha value is 0.310. The van der Waals surface area contributed by atoms with Crippen LogP contribution in [0.5, 0.6) is 0 Å². The van der Waals surface area contributed by atoms with Crippen molar-refractivity contribution < 1.29 is 4.58 Å². The van der Waals surface area contributed by atoms with Gasteiger partial charge in [-0.1, -0.05) is 0 Å². The molecule has 144 valence electrons. The second kappa shape index (κ2) is 10.5. The zero-order chi connectivity index (χ0) is 19.4. The third-order valence-electron chi connectivity index (χ3n) is 4.04. The predicted molar refractivity (Wildman–Crippen MR) is 113 cm³/mol. The normalized spacial score (nSPS) is 13.2. The lowest BCUT2D eigenvalue weighted by molar-refractivity contribution is -0.583. The van der Waals surface area contributed by atoms with Gasteiger partial charge >= 0.3 is 0 Å². The fourth-order valence-corrected chi connectivity index (χ4v) is 7.46. The molecule has 0 aromatic heterocycles. The van der Waals surface area contributed by atoms with Crippen LogP contribution < -0.4 is 0 Å². The summed E-state index contributed by atoms with van der Waals surface area (Å²) in [6.07, 6.45) is 0. The smallest absolute Gasteiger partial charge is 0.256 e. The predicted octanol–water partition coefficient (Wildman–Crippen LogP) is 5.96. The Labute approximate surface area is 158 Å². The van der Waals surface area contributed by atoms with Crippen LogP contribution in [0.25, 0.3) is 0 Å². The van der Waals surface area contributed by atoms with E-state index in [1.807, 2.05) is 0 Å². The van der Waals surface area contributed by atoms with E-state index < -0.39 is 8.22 Å². The average Bonchev–Trinajstić information content (AvgIpc) is 2.34. The lowest BCUT2D eigenvalue weighted by atomic mass is 10.3. The molecule has 0 amide bonds. The summed E-state index contributed by atoms with van der Waals surface area (Å²) < 4.78 is 7.60. The largest absolute Gasteiger partial charge is 0.296 e. The molecule has 0 bridgehead atoms. The van der Waals surface area contributed by atoms with Gasteiger partial charge in [-0.05, 0) is 94.7 Å². The quantitative estimate of drug-likeness (QED) is 0.278. The molecule has 0 aliphatic heterocycles. The first kappa shape index (κ1) is 24.3. The van der Waals surface area contributed by atoms with Gasteiger partial charge in [-0.3, -0.25) is 9.34 Å². The lowest BCUT2D eigenvalue weighted by Crippen LogP contribution is -2.46. The Morgan fingerprint density at radius 2 is 0.875 bits per heavy atom. The second-order valence-corrected chi connectivity index (χ2v) is 10.8. The molecule has 0 radical (unpaired) electrons. The lowest BCUT2D eigenvalue weighted by Gasteiger charge is -2.45. The van der Waals surface area contributed by atoms with Crippen LogP contribution in [0, 0.1) is 0 Å². The monoisotopic (exact) mass is 378 g/mol. The van der Waals surface area contributed by atoms with E-state index in [1.54, 1.807) is 0 Å². The van der Waals surface area contributed by atoms with Gasteiger partial charge in [-0.2, -0.15) is 0 Å². The maximum absolute atomic E-state index is 7.16. The highest BCUT2D eigenvalue weighted by molar-refractivity contribution is 7.75. The van der Waals surface area contributed by atoms with E-state index in [1.165, 1.54) is 0 Å². The summed E-state index contributed by atoms with van der Waals surface area (Å²) in [5.41, 5.74) is 0. The molecular formula is C19H42ClN3P+. The van der Waals surface area contributed by atoms with Crippen LogP contribution >= 0.6 is 19.8 Å². The van der Waals surface area contributed by atoms with Gasteiger partial charge in [-0.15, -0.1) is 0 Å². The first-order valence-electron chi connectivity index (χ1n) is 9.51. The molecule has 0 aromatic rings. The van der Waals surface area contributed by atoms with E-state index in [9.17, 15) is 0 Å². The van der Waals surface area contributed by atoms with Crippen LogP contribution in [-0.2, 0) is 0 Å². The van der Waals surface area contributed by atoms with E-state index in [0.717, 1.165) is 4.91 Å². The fraction of sp³-hybridized carbons (Fsp3) is 0.947. The maximum Gasteiger partial charge on any atom is 0.296 e. The molecule has 0 unspecified atom stereocenters. The van der Waals surface area contributed by atoms with Crippen LogP contribution in [0.3, 0.4) is 0 Å². The summed E-state index contributed by atoms with van der Waals surface area (Å²) in [4.78, 5) is 1.01. The average molecular weight is 379 g/mol. The van der Waals surface area contributed by atoms with Crippen LogP contribution in [0.4, 0.5) is 0 Å². The highest BCUT2D eigenvalue weighted by Gasteiger charge is 2.41. The summed E-state index contributed by atoms with van der Waals surface area (Å²) in [5, 5.41) is 0. The van der Waals surface area contributed by atoms with E-state index in [0.29, 0.717) is 36.3 Å². The van der Waals surface area contributed by atoms with Crippen molar-refractivity contribution in [3.05, 3.63) is 0 Å². The highest BCUT2D eigenvalue weighted by atomic mass is 35.5. The molecule has 0 saturated heterocycles. The van der Waals surface area contributed by atoms with Gasteiger partial charge in [0.25, 0.3) is 4.91 Å². The summed E-state index contributed by atoms with van der Waals surface area (Å²) in [5.74, 6) is 0. The molecule has 0 rings (SSSR count). The Morgan fingerprint density at radius 1 is 0.625 bits per heavy atom. The van der Waals surface area contributed by atoms with E-state index in [4.69, 9.17) is 11.6 Å². The minimum atomic E-state index is -0.736. The van der Waals surface area contributed by atoms with Crippen molar-refractivity contribution in [2.75, 3.05) is 0 Å². The molecule has 0 aliphatic carbocycles. The molecule has 0 saturated carbocycles. The fourth-order valence-electron chi connectivity index (χ4n) is 3.50. The minimum absolute atomic E-state index is 0.393. The van der Waals surface area contributed by atoms with Crippen molar-refractivity contribution in [3.63, 3.8) is 0 Å². The number of hydrogen-bond donors (Lipinski definition) is 0. The van der Waals surface area contributed by atoms with Gasteiger partial charge in [0.15, 0.2) is 8.22 Å². The molecule has 24 heavy (non-hydrogen) atoms. The first-order valence-corrected chi connectivity index (χ1v) is 11.1. The van der Waals surface area contributed by atoms with Crippen LogP contribution in [0.2, 0.25) is 0 Å². The summed E-state index contributed by atoms with van der Waals surface area (Å²) in [7, 11) is -0.736. The maximum atomic E-state index is 7.16. The molecule has 0 fully saturated rings. The van der Waals surface area contributed by atoms with Gasteiger partial charge in [0.1, 0.15) is 12.1 Å². The van der Waals surface area contributed by atoms with Gasteiger partial charge in [0.2, 0.25) is 0 Å². The summed E-state index contributed by atoms with van der Waals surface area (Å²) in [6.45, 7) is 27.2. The van der Waals surface area contributed by atoms with Gasteiger partial charge in [0, 0.05) is 24.2 Å². The van der Waals surface area contributed by atoms with Gasteiger partial charge in [-0.25, -0.2) is 4.58 Å². The third kappa shape index (κ3) is 6.24. The summed E-state index contributed by atoms with van der Waals surface area (Å²) >= 11 is 7.16. The van der Waals surface area contributed by atoms with Crippen molar-refractivity contribution in [2.45, 2.75) is 119 Å². The van der Waals surface area contributed by atoms with Gasteiger partial charge in [0.05, 0.1) is 0 Å². The zero-order valence-corrected chi connectivity index (χ0v) is 19.8. The molecule has 5 heteroatoms. The van der Waals surface area contributed by atoms with Crippen molar-refractivity contribution in [1.82, 2.24) is 9.34 Å². The number of nitrogens with zero attached hydrogens (tertiary/aromatic N) is 3.